The van der Waals surface area contributed by atoms with Gasteiger partial charge in [-0.1, -0.05) is 18.2 Å². The van der Waals surface area contributed by atoms with Gasteiger partial charge in [-0.3, -0.25) is 0 Å². The van der Waals surface area contributed by atoms with Gasteiger partial charge in [-0.05, 0) is 18.4 Å². The van der Waals surface area contributed by atoms with Crippen molar-refractivity contribution in [1.82, 2.24) is 5.32 Å². The largest absolute Gasteiger partial charge is 0.467 e. The van der Waals surface area contributed by atoms with Gasteiger partial charge in [-0.2, -0.15) is 11.8 Å². The highest BCUT2D eigenvalue weighted by atomic mass is 32.2. The van der Waals surface area contributed by atoms with E-state index in [9.17, 15) is 9.59 Å². The number of amides is 1. The van der Waals surface area contributed by atoms with Crippen molar-refractivity contribution >= 4 is 23.8 Å². The molecule has 0 radical (unpaired) electrons. The highest BCUT2D eigenvalue weighted by Gasteiger charge is 2.21. The molecule has 0 aliphatic carbocycles. The summed E-state index contributed by atoms with van der Waals surface area (Å²) in [5.41, 5.74) is 0. The third-order valence-corrected chi connectivity index (χ3v) is 2.73. The van der Waals surface area contributed by atoms with Crippen LogP contribution in [0, 0.1) is 0 Å². The Morgan fingerprint density at radius 1 is 1.33 bits per heavy atom. The molecule has 1 aromatic carbocycles. The molecule has 5 nitrogen and oxygen atoms in total. The summed E-state index contributed by atoms with van der Waals surface area (Å²) in [6.07, 6.45) is 1.16. The molecule has 0 heterocycles. The van der Waals surface area contributed by atoms with E-state index in [1.54, 1.807) is 24.3 Å². The molecule has 18 heavy (non-hydrogen) atoms. The van der Waals surface area contributed by atoms with Crippen molar-refractivity contribution in [3.05, 3.63) is 30.3 Å². The van der Waals surface area contributed by atoms with Gasteiger partial charge in [0.25, 0.3) is 0 Å². The molecule has 0 bridgehead atoms. The number of carbonyl (C=O) groups is 2. The fraction of sp³-hybridized carbons (Fsp3) is 0.333. The van der Waals surface area contributed by atoms with Gasteiger partial charge in [0, 0.05) is 5.75 Å². The van der Waals surface area contributed by atoms with E-state index in [1.807, 2.05) is 12.3 Å². The molecule has 1 atom stereocenters. The number of benzene rings is 1. The van der Waals surface area contributed by atoms with Crippen molar-refractivity contribution in [3.8, 4) is 5.75 Å². The molecule has 0 aliphatic rings. The lowest BCUT2D eigenvalue weighted by Gasteiger charge is -2.15. The molecule has 0 saturated carbocycles. The molecule has 1 N–H and O–H groups in total. The number of rotatable bonds is 5. The maximum Gasteiger partial charge on any atom is 0.413 e. The fourth-order valence-corrected chi connectivity index (χ4v) is 1.80. The molecular weight excluding hydrogens is 254 g/mol. The van der Waals surface area contributed by atoms with Gasteiger partial charge in [-0.25, -0.2) is 9.59 Å². The summed E-state index contributed by atoms with van der Waals surface area (Å²) in [5.74, 6) is 0.355. The van der Waals surface area contributed by atoms with Gasteiger partial charge < -0.3 is 14.8 Å². The summed E-state index contributed by atoms with van der Waals surface area (Å²) in [7, 11) is 1.28. The monoisotopic (exact) mass is 269 g/mol. The van der Waals surface area contributed by atoms with Gasteiger partial charge in [0.2, 0.25) is 0 Å². The number of esters is 1. The summed E-state index contributed by atoms with van der Waals surface area (Å²) in [6, 6.07) is 7.92. The highest BCUT2D eigenvalue weighted by Crippen LogP contribution is 2.08. The second-order valence-corrected chi connectivity index (χ2v) is 4.29. The van der Waals surface area contributed by atoms with Crippen molar-refractivity contribution in [2.24, 2.45) is 0 Å². The Bertz CT molecular complexity index is 396. The number of carbonyl (C=O) groups excluding carboxylic acids is 2. The van der Waals surface area contributed by atoms with E-state index >= 15 is 0 Å². The van der Waals surface area contributed by atoms with Gasteiger partial charge in [0.05, 0.1) is 7.11 Å². The Kier molecular flexibility index (Phi) is 6.07. The van der Waals surface area contributed by atoms with Crippen LogP contribution in [0.4, 0.5) is 4.79 Å². The first-order chi connectivity index (χ1) is 8.67. The zero-order valence-electron chi connectivity index (χ0n) is 10.2. The third-order valence-electron chi connectivity index (χ3n) is 2.06. The Hall–Kier alpha value is -1.69. The van der Waals surface area contributed by atoms with Gasteiger partial charge >= 0.3 is 12.1 Å². The van der Waals surface area contributed by atoms with Crippen molar-refractivity contribution in [1.29, 1.82) is 0 Å². The standard InChI is InChI=1S/C12H15NO4S/c1-16-11(14)10(8-18-2)13-12(15)17-9-6-4-3-5-7-9/h3-7,10H,8H2,1-2H3,(H,13,15). The van der Waals surface area contributed by atoms with E-state index in [2.05, 4.69) is 10.1 Å². The number of methoxy groups -OCH3 is 1. The maximum absolute atomic E-state index is 11.6. The Morgan fingerprint density at radius 3 is 2.56 bits per heavy atom. The number of nitrogens with one attached hydrogen (secondary N) is 1. The zero-order valence-corrected chi connectivity index (χ0v) is 11.0. The van der Waals surface area contributed by atoms with Crippen LogP contribution in [0.1, 0.15) is 0 Å². The van der Waals surface area contributed by atoms with E-state index in [-0.39, 0.29) is 0 Å². The lowest BCUT2D eigenvalue weighted by Crippen LogP contribution is -2.44. The number of para-hydroxylation sites is 1. The average Bonchev–Trinajstić information content (AvgIpc) is 2.38. The molecule has 1 amide bonds. The molecule has 1 rings (SSSR count). The lowest BCUT2D eigenvalue weighted by atomic mass is 10.3. The third kappa shape index (κ3) is 4.67. The van der Waals surface area contributed by atoms with Crippen LogP contribution in [-0.4, -0.2) is 37.2 Å². The first-order valence-corrected chi connectivity index (χ1v) is 6.67. The van der Waals surface area contributed by atoms with Crippen molar-refractivity contribution in [3.63, 3.8) is 0 Å². The number of thioether (sulfide) groups is 1. The summed E-state index contributed by atoms with van der Waals surface area (Å²) in [4.78, 5) is 23.0. The van der Waals surface area contributed by atoms with E-state index in [1.165, 1.54) is 18.9 Å². The minimum absolute atomic E-state index is 0.419. The number of hydrogen-bond donors (Lipinski definition) is 1. The van der Waals surface area contributed by atoms with Crippen LogP contribution >= 0.6 is 11.8 Å². The summed E-state index contributed by atoms with van der Waals surface area (Å²) in [5, 5.41) is 2.46. The van der Waals surface area contributed by atoms with Crippen molar-refractivity contribution < 1.29 is 19.1 Å². The van der Waals surface area contributed by atoms with Crippen molar-refractivity contribution in [2.45, 2.75) is 6.04 Å². The lowest BCUT2D eigenvalue weighted by molar-refractivity contribution is -0.142. The minimum atomic E-state index is -0.707. The molecule has 0 aliphatic heterocycles. The fourth-order valence-electron chi connectivity index (χ4n) is 1.24. The predicted molar refractivity (Wildman–Crippen MR) is 69.8 cm³/mol. The summed E-state index contributed by atoms with van der Waals surface area (Å²) >= 11 is 1.43. The van der Waals surface area contributed by atoms with E-state index < -0.39 is 18.1 Å². The molecule has 6 heteroatoms. The molecule has 1 unspecified atom stereocenters. The minimum Gasteiger partial charge on any atom is -0.467 e. The Balaban J connectivity index is 2.53. The quantitative estimate of drug-likeness (QED) is 0.824. The molecular formula is C12H15NO4S. The summed E-state index contributed by atoms with van der Waals surface area (Å²) < 4.78 is 9.61. The van der Waals surface area contributed by atoms with Gasteiger partial charge in [0.1, 0.15) is 11.8 Å². The van der Waals surface area contributed by atoms with E-state index in [4.69, 9.17) is 4.74 Å². The molecule has 0 spiro atoms. The zero-order chi connectivity index (χ0) is 13.4. The highest BCUT2D eigenvalue weighted by molar-refractivity contribution is 7.98. The van der Waals surface area contributed by atoms with Crippen LogP contribution in [0.2, 0.25) is 0 Å². The smallest absolute Gasteiger partial charge is 0.413 e. The number of hydrogen-bond acceptors (Lipinski definition) is 5. The second kappa shape index (κ2) is 7.60. The van der Waals surface area contributed by atoms with Gasteiger partial charge in [-0.15, -0.1) is 0 Å². The van der Waals surface area contributed by atoms with Crippen LogP contribution in [0.3, 0.4) is 0 Å². The average molecular weight is 269 g/mol. The maximum atomic E-state index is 11.6. The van der Waals surface area contributed by atoms with Crippen LogP contribution in [0.25, 0.3) is 0 Å². The first kappa shape index (κ1) is 14.4. The van der Waals surface area contributed by atoms with Crippen LogP contribution in [0.15, 0.2) is 30.3 Å². The first-order valence-electron chi connectivity index (χ1n) is 5.27. The molecule has 0 saturated heterocycles. The molecule has 0 aromatic heterocycles. The number of ether oxygens (including phenoxy) is 2. The van der Waals surface area contributed by atoms with Crippen LogP contribution in [0.5, 0.6) is 5.75 Å². The SMILES string of the molecule is COC(=O)C(CSC)NC(=O)Oc1ccccc1. The van der Waals surface area contributed by atoms with E-state index in [0.717, 1.165) is 0 Å². The normalized spacial score (nSPS) is 11.4. The van der Waals surface area contributed by atoms with Crippen molar-refractivity contribution in [2.75, 3.05) is 19.1 Å². The predicted octanol–water partition coefficient (Wildman–Crippen LogP) is 1.68. The van der Waals surface area contributed by atoms with Crippen LogP contribution < -0.4 is 10.1 Å². The van der Waals surface area contributed by atoms with E-state index in [0.29, 0.717) is 11.5 Å². The topological polar surface area (TPSA) is 64.6 Å². The van der Waals surface area contributed by atoms with Gasteiger partial charge in [0.15, 0.2) is 0 Å². The molecule has 0 fully saturated rings. The Labute approximate surface area is 110 Å². The molecule has 98 valence electrons. The summed E-state index contributed by atoms with van der Waals surface area (Å²) in [6.45, 7) is 0. The molecule has 1 aromatic rings. The second-order valence-electron chi connectivity index (χ2n) is 3.38. The van der Waals surface area contributed by atoms with Crippen LogP contribution in [-0.2, 0) is 9.53 Å². The Morgan fingerprint density at radius 2 is 2.00 bits per heavy atom.